The lowest BCUT2D eigenvalue weighted by molar-refractivity contribution is -0.112. The topological polar surface area (TPSA) is 76.9 Å². The minimum Gasteiger partial charge on any atom is -0.342 e. The van der Waals surface area contributed by atoms with Crippen LogP contribution in [0.5, 0.6) is 0 Å². The number of para-hydroxylation sites is 1. The van der Waals surface area contributed by atoms with E-state index in [1.807, 2.05) is 53.1 Å². The first-order valence-corrected chi connectivity index (χ1v) is 9.32. The minimum absolute atomic E-state index is 0.290. The number of amides is 1. The van der Waals surface area contributed by atoms with Gasteiger partial charge in [0, 0.05) is 28.7 Å². The summed E-state index contributed by atoms with van der Waals surface area (Å²) in [6, 6.07) is 15.0. The molecule has 4 rings (SSSR count). The van der Waals surface area contributed by atoms with E-state index in [9.17, 15) is 9.59 Å². The first-order valence-electron chi connectivity index (χ1n) is 8.06. The molecule has 0 saturated carbocycles. The van der Waals surface area contributed by atoms with E-state index in [4.69, 9.17) is 11.6 Å². The molecule has 2 aromatic heterocycles. The predicted molar refractivity (Wildman–Crippen MR) is 105 cm³/mol. The molecule has 0 spiro atoms. The molecule has 4 aromatic rings. The summed E-state index contributed by atoms with van der Waals surface area (Å²) in [5, 5.41) is 11.5. The smallest absolute Gasteiger partial charge is 0.298 e. The highest BCUT2D eigenvalue weighted by Gasteiger charge is 2.22. The number of fused-ring (bicyclic) bond motifs is 1. The van der Waals surface area contributed by atoms with Crippen molar-refractivity contribution in [1.82, 2.24) is 14.8 Å². The van der Waals surface area contributed by atoms with Crippen LogP contribution in [0.2, 0.25) is 5.02 Å². The summed E-state index contributed by atoms with van der Waals surface area (Å²) in [5.41, 5.74) is 3.75. The van der Waals surface area contributed by atoms with E-state index in [0.29, 0.717) is 22.3 Å². The van der Waals surface area contributed by atoms with Crippen LogP contribution in [0.1, 0.15) is 15.9 Å². The number of nitrogens with one attached hydrogen (secondary N) is 1. The van der Waals surface area contributed by atoms with Crippen molar-refractivity contribution < 1.29 is 9.59 Å². The lowest BCUT2D eigenvalue weighted by atomic mass is 10.1. The highest BCUT2D eigenvalue weighted by molar-refractivity contribution is 7.13. The third-order valence-corrected chi connectivity index (χ3v) is 4.94. The Hall–Kier alpha value is -3.03. The first kappa shape index (κ1) is 17.4. The quantitative estimate of drug-likeness (QED) is 0.408. The highest BCUT2D eigenvalue weighted by Crippen LogP contribution is 2.24. The van der Waals surface area contributed by atoms with Crippen molar-refractivity contribution in [2.75, 3.05) is 5.32 Å². The standard InChI is InChI=1S/C19H13ClN4O2S/c20-13-7-5-12(6-8-13)9-24-10-15(14-3-1-2-4-16(14)24)17(25)18(26)22-19-23-21-11-27-19/h1-8,10-11H,9H2,(H,22,23,26). The van der Waals surface area contributed by atoms with Gasteiger partial charge in [0.25, 0.3) is 11.7 Å². The number of carbonyl (C=O) groups excluding carboxylic acids is 2. The molecule has 0 aliphatic rings. The summed E-state index contributed by atoms with van der Waals surface area (Å²) in [6.07, 6.45) is 1.71. The number of nitrogens with zero attached hydrogens (tertiary/aromatic N) is 3. The predicted octanol–water partition coefficient (Wildman–Crippen LogP) is 4.02. The van der Waals surface area contributed by atoms with Gasteiger partial charge in [-0.25, -0.2) is 0 Å². The number of Topliss-reactive ketones (excluding diaryl/α,β-unsaturated/α-hetero) is 1. The van der Waals surface area contributed by atoms with Crippen LogP contribution >= 0.6 is 22.9 Å². The second-order valence-electron chi connectivity index (χ2n) is 5.84. The number of aromatic nitrogens is 3. The van der Waals surface area contributed by atoms with Crippen molar-refractivity contribution in [1.29, 1.82) is 0 Å². The lowest BCUT2D eigenvalue weighted by Crippen LogP contribution is -2.22. The molecule has 0 aliphatic heterocycles. The molecule has 2 heterocycles. The number of hydrogen-bond donors (Lipinski definition) is 1. The normalized spacial score (nSPS) is 10.9. The van der Waals surface area contributed by atoms with E-state index in [-0.39, 0.29) is 0 Å². The second-order valence-corrected chi connectivity index (χ2v) is 7.11. The Bertz CT molecular complexity index is 1120. The van der Waals surface area contributed by atoms with E-state index in [2.05, 4.69) is 15.5 Å². The molecule has 0 fully saturated rings. The molecule has 6 nitrogen and oxygen atoms in total. The van der Waals surface area contributed by atoms with Crippen LogP contribution in [0.25, 0.3) is 10.9 Å². The zero-order valence-corrected chi connectivity index (χ0v) is 15.5. The van der Waals surface area contributed by atoms with Gasteiger partial charge in [0.1, 0.15) is 5.51 Å². The van der Waals surface area contributed by atoms with E-state index < -0.39 is 11.7 Å². The summed E-state index contributed by atoms with van der Waals surface area (Å²) in [4.78, 5) is 25.0. The molecular weight excluding hydrogens is 384 g/mol. The Morgan fingerprint density at radius 2 is 1.89 bits per heavy atom. The molecule has 27 heavy (non-hydrogen) atoms. The van der Waals surface area contributed by atoms with Gasteiger partial charge in [-0.15, -0.1) is 10.2 Å². The lowest BCUT2D eigenvalue weighted by Gasteiger charge is -2.05. The average Bonchev–Trinajstić information content (AvgIpc) is 3.31. The van der Waals surface area contributed by atoms with Gasteiger partial charge in [-0.05, 0) is 23.8 Å². The maximum absolute atomic E-state index is 12.7. The monoisotopic (exact) mass is 396 g/mol. The van der Waals surface area contributed by atoms with E-state index in [0.717, 1.165) is 27.8 Å². The van der Waals surface area contributed by atoms with Crippen molar-refractivity contribution in [3.8, 4) is 0 Å². The van der Waals surface area contributed by atoms with E-state index >= 15 is 0 Å². The highest BCUT2D eigenvalue weighted by atomic mass is 35.5. The number of halogens is 1. The van der Waals surface area contributed by atoms with Crippen molar-refractivity contribution >= 4 is 50.7 Å². The van der Waals surface area contributed by atoms with Crippen molar-refractivity contribution in [3.63, 3.8) is 0 Å². The molecule has 1 amide bonds. The molecule has 8 heteroatoms. The van der Waals surface area contributed by atoms with Gasteiger partial charge in [-0.2, -0.15) is 0 Å². The number of anilines is 1. The van der Waals surface area contributed by atoms with Gasteiger partial charge >= 0.3 is 0 Å². The molecular formula is C19H13ClN4O2S. The molecule has 0 atom stereocenters. The fourth-order valence-electron chi connectivity index (χ4n) is 2.85. The number of hydrogen-bond acceptors (Lipinski definition) is 5. The fraction of sp³-hybridized carbons (Fsp3) is 0.0526. The van der Waals surface area contributed by atoms with Crippen LogP contribution in [0, 0.1) is 0 Å². The minimum atomic E-state index is -0.735. The maximum atomic E-state index is 12.7. The summed E-state index contributed by atoms with van der Waals surface area (Å²) in [5.74, 6) is -1.35. The molecule has 0 saturated heterocycles. The maximum Gasteiger partial charge on any atom is 0.298 e. The van der Waals surface area contributed by atoms with Gasteiger partial charge in [0.05, 0.1) is 5.56 Å². The Kier molecular flexibility index (Phi) is 4.70. The van der Waals surface area contributed by atoms with Crippen molar-refractivity contribution in [3.05, 3.63) is 76.4 Å². The Morgan fingerprint density at radius 1 is 1.11 bits per heavy atom. The SMILES string of the molecule is O=C(Nc1nncs1)C(=O)c1cn(Cc2ccc(Cl)cc2)c2ccccc12. The van der Waals surface area contributed by atoms with Crippen molar-refractivity contribution in [2.45, 2.75) is 6.54 Å². The second kappa shape index (κ2) is 7.30. The van der Waals surface area contributed by atoms with Gasteiger partial charge in [-0.1, -0.05) is 53.3 Å². The molecule has 0 aliphatic carbocycles. The van der Waals surface area contributed by atoms with E-state index in [1.165, 1.54) is 5.51 Å². The van der Waals surface area contributed by atoms with Crippen LogP contribution in [-0.2, 0) is 11.3 Å². The zero-order chi connectivity index (χ0) is 18.8. The third-order valence-electron chi connectivity index (χ3n) is 4.09. The summed E-state index contributed by atoms with van der Waals surface area (Å²) in [6.45, 7) is 0.559. The summed E-state index contributed by atoms with van der Waals surface area (Å²) < 4.78 is 1.95. The zero-order valence-electron chi connectivity index (χ0n) is 13.9. The van der Waals surface area contributed by atoms with Crippen LogP contribution in [-0.4, -0.2) is 26.5 Å². The van der Waals surface area contributed by atoms with Crippen LogP contribution in [0.15, 0.2) is 60.2 Å². The van der Waals surface area contributed by atoms with Gasteiger partial charge < -0.3 is 4.57 Å². The number of rotatable bonds is 5. The molecule has 0 radical (unpaired) electrons. The molecule has 134 valence electrons. The molecule has 2 aromatic carbocycles. The van der Waals surface area contributed by atoms with Gasteiger partial charge in [0.2, 0.25) is 5.13 Å². The van der Waals surface area contributed by atoms with E-state index in [1.54, 1.807) is 6.20 Å². The molecule has 1 N–H and O–H groups in total. The van der Waals surface area contributed by atoms with Crippen LogP contribution < -0.4 is 5.32 Å². The number of ketones is 1. The van der Waals surface area contributed by atoms with Gasteiger partial charge in [-0.3, -0.25) is 14.9 Å². The first-order chi connectivity index (χ1) is 13.1. The summed E-state index contributed by atoms with van der Waals surface area (Å²) >= 11 is 7.10. The average molecular weight is 397 g/mol. The molecule has 0 bridgehead atoms. The third kappa shape index (κ3) is 3.60. The summed E-state index contributed by atoms with van der Waals surface area (Å²) in [7, 11) is 0. The fourth-order valence-corrected chi connectivity index (χ4v) is 3.41. The van der Waals surface area contributed by atoms with Crippen LogP contribution in [0.3, 0.4) is 0 Å². The van der Waals surface area contributed by atoms with Gasteiger partial charge in [0.15, 0.2) is 0 Å². The number of carbonyl (C=O) groups is 2. The molecule has 0 unspecified atom stereocenters. The van der Waals surface area contributed by atoms with Crippen LogP contribution in [0.4, 0.5) is 5.13 Å². The Labute approximate surface area is 163 Å². The Morgan fingerprint density at radius 3 is 2.63 bits per heavy atom. The number of benzene rings is 2. The largest absolute Gasteiger partial charge is 0.342 e. The van der Waals surface area contributed by atoms with Crippen molar-refractivity contribution in [2.24, 2.45) is 0 Å². The Balaban J connectivity index is 1.67.